The van der Waals surface area contributed by atoms with E-state index in [2.05, 4.69) is 55.0 Å². The van der Waals surface area contributed by atoms with E-state index in [0.29, 0.717) is 42.4 Å². The van der Waals surface area contributed by atoms with Crippen molar-refractivity contribution in [3.05, 3.63) is 12.2 Å². The monoisotopic (exact) mass is 456 g/mol. The van der Waals surface area contributed by atoms with Gasteiger partial charge >= 0.3 is 0 Å². The molecule has 0 aliphatic heterocycles. The number of carbonyl (C=O) groups is 1. The second-order valence-corrected chi connectivity index (χ2v) is 14.7. The van der Waals surface area contributed by atoms with Crippen molar-refractivity contribution < 1.29 is 15.0 Å². The number of hydrogen-bond donors (Lipinski definition) is 2. The summed E-state index contributed by atoms with van der Waals surface area (Å²) in [6.45, 7) is 20.1. The molecule has 0 heterocycles. The largest absolute Gasteiger partial charge is 0.393 e. The summed E-state index contributed by atoms with van der Waals surface area (Å²) < 4.78 is 0. The molecule has 0 unspecified atom stereocenters. The molecule has 5 saturated carbocycles. The van der Waals surface area contributed by atoms with Gasteiger partial charge in [0.25, 0.3) is 0 Å². The van der Waals surface area contributed by atoms with Gasteiger partial charge in [0.15, 0.2) is 0 Å². The summed E-state index contributed by atoms with van der Waals surface area (Å²) in [5, 5.41) is 23.7. The Labute approximate surface area is 201 Å². The molecule has 2 N–H and O–H groups in total. The van der Waals surface area contributed by atoms with Gasteiger partial charge in [-0.1, -0.05) is 46.8 Å². The van der Waals surface area contributed by atoms with Crippen LogP contribution in [0.2, 0.25) is 0 Å². The molecular formula is C30H48O3. The first-order chi connectivity index (χ1) is 15.1. The van der Waals surface area contributed by atoms with Crippen LogP contribution >= 0.6 is 0 Å². The second kappa shape index (κ2) is 6.75. The summed E-state index contributed by atoms with van der Waals surface area (Å²) in [5.74, 6) is 1.84. The zero-order valence-corrected chi connectivity index (χ0v) is 22.3. The maximum absolute atomic E-state index is 14.3. The molecule has 5 aliphatic rings. The van der Waals surface area contributed by atoms with Gasteiger partial charge in [-0.2, -0.15) is 0 Å². The van der Waals surface area contributed by atoms with E-state index in [1.54, 1.807) is 0 Å². The van der Waals surface area contributed by atoms with Gasteiger partial charge in [-0.3, -0.25) is 4.79 Å². The molecule has 186 valence electrons. The third-order valence-corrected chi connectivity index (χ3v) is 13.5. The first-order valence-corrected chi connectivity index (χ1v) is 13.7. The molecule has 0 aromatic carbocycles. The first kappa shape index (κ1) is 24.0. The summed E-state index contributed by atoms with van der Waals surface area (Å²) in [4.78, 5) is 14.3. The number of aliphatic hydroxyl groups excluding tert-OH is 1. The molecule has 5 fully saturated rings. The predicted molar refractivity (Wildman–Crippen MR) is 132 cm³/mol. The van der Waals surface area contributed by atoms with Crippen LogP contribution < -0.4 is 0 Å². The van der Waals surface area contributed by atoms with Gasteiger partial charge in [-0.25, -0.2) is 0 Å². The van der Waals surface area contributed by atoms with Gasteiger partial charge in [0.1, 0.15) is 5.78 Å². The molecule has 5 aliphatic carbocycles. The van der Waals surface area contributed by atoms with E-state index < -0.39 is 17.1 Å². The third-order valence-electron chi connectivity index (χ3n) is 13.5. The van der Waals surface area contributed by atoms with E-state index in [-0.39, 0.29) is 27.9 Å². The normalized spacial score (nSPS) is 57.5. The van der Waals surface area contributed by atoms with E-state index in [4.69, 9.17) is 0 Å². The van der Waals surface area contributed by atoms with Crippen molar-refractivity contribution in [2.75, 3.05) is 0 Å². The van der Waals surface area contributed by atoms with Crippen LogP contribution in [-0.2, 0) is 4.79 Å². The van der Waals surface area contributed by atoms with Crippen molar-refractivity contribution >= 4 is 5.78 Å². The lowest BCUT2D eigenvalue weighted by molar-refractivity contribution is -0.305. The van der Waals surface area contributed by atoms with Crippen LogP contribution in [0.15, 0.2) is 12.2 Å². The molecule has 10 atom stereocenters. The maximum Gasteiger partial charge on any atom is 0.142 e. The fourth-order valence-electron chi connectivity index (χ4n) is 11.1. The highest BCUT2D eigenvalue weighted by Gasteiger charge is 2.78. The number of rotatable bonds is 1. The maximum atomic E-state index is 14.3. The lowest BCUT2D eigenvalue weighted by Gasteiger charge is -2.74. The molecule has 3 heteroatoms. The van der Waals surface area contributed by atoms with Crippen molar-refractivity contribution in [1.82, 2.24) is 0 Å². The van der Waals surface area contributed by atoms with Crippen molar-refractivity contribution in [1.29, 1.82) is 0 Å². The van der Waals surface area contributed by atoms with E-state index in [9.17, 15) is 15.0 Å². The Kier molecular flexibility index (Phi) is 4.92. The van der Waals surface area contributed by atoms with Gasteiger partial charge < -0.3 is 10.2 Å². The molecule has 3 nitrogen and oxygen atoms in total. The Hall–Kier alpha value is -0.670. The number of allylic oxidation sites excluding steroid dienone is 1. The fourth-order valence-corrected chi connectivity index (χ4v) is 11.1. The number of carbonyl (C=O) groups excluding carboxylic acids is 1. The van der Waals surface area contributed by atoms with Crippen molar-refractivity contribution in [3.63, 3.8) is 0 Å². The van der Waals surface area contributed by atoms with Crippen LogP contribution in [-0.4, -0.2) is 27.7 Å². The quantitative estimate of drug-likeness (QED) is 0.454. The van der Waals surface area contributed by atoms with Gasteiger partial charge in [0.2, 0.25) is 0 Å². The first-order valence-electron chi connectivity index (χ1n) is 13.7. The van der Waals surface area contributed by atoms with Gasteiger partial charge in [0.05, 0.1) is 17.1 Å². The summed E-state index contributed by atoms with van der Waals surface area (Å²) in [6, 6.07) is 0. The van der Waals surface area contributed by atoms with Crippen molar-refractivity contribution in [3.8, 4) is 0 Å². The zero-order valence-electron chi connectivity index (χ0n) is 22.3. The second-order valence-electron chi connectivity index (χ2n) is 14.7. The zero-order chi connectivity index (χ0) is 24.4. The van der Waals surface area contributed by atoms with Gasteiger partial charge in [-0.15, -0.1) is 0 Å². The van der Waals surface area contributed by atoms with Crippen LogP contribution in [0.25, 0.3) is 0 Å². The molecule has 0 aromatic rings. The van der Waals surface area contributed by atoms with E-state index >= 15 is 0 Å². The molecule has 0 amide bonds. The summed E-state index contributed by atoms with van der Waals surface area (Å²) in [5.41, 5.74) is -1.03. The van der Waals surface area contributed by atoms with Crippen molar-refractivity contribution in [2.24, 2.45) is 50.7 Å². The molecule has 0 saturated heterocycles. The average Bonchev–Trinajstić information content (AvgIpc) is 3.09. The predicted octanol–water partition coefficient (Wildman–Crippen LogP) is 6.32. The Morgan fingerprint density at radius 2 is 1.58 bits per heavy atom. The Balaban J connectivity index is 1.64. The van der Waals surface area contributed by atoms with E-state index in [0.717, 1.165) is 25.7 Å². The molecule has 33 heavy (non-hydrogen) atoms. The lowest BCUT2D eigenvalue weighted by atomic mass is 9.30. The molecule has 0 radical (unpaired) electrons. The third kappa shape index (κ3) is 2.52. The molecule has 0 spiro atoms. The number of hydrogen-bond acceptors (Lipinski definition) is 3. The van der Waals surface area contributed by atoms with Crippen LogP contribution in [0.3, 0.4) is 0 Å². The Morgan fingerprint density at radius 3 is 2.21 bits per heavy atom. The number of ketones is 1. The lowest BCUT2D eigenvalue weighted by Crippen LogP contribution is -2.78. The van der Waals surface area contributed by atoms with E-state index in [1.165, 1.54) is 18.4 Å². The minimum absolute atomic E-state index is 0.0166. The van der Waals surface area contributed by atoms with Crippen LogP contribution in [0.5, 0.6) is 0 Å². The minimum atomic E-state index is -1.02. The number of aliphatic hydroxyl groups is 2. The number of Topliss-reactive ketones (excluding diaryl/α,β-unsaturated/α-hetero) is 1. The number of fused-ring (bicyclic) bond motifs is 7. The minimum Gasteiger partial charge on any atom is -0.393 e. The fraction of sp³-hybridized carbons (Fsp3) is 0.900. The van der Waals surface area contributed by atoms with Crippen molar-refractivity contribution in [2.45, 2.75) is 118 Å². The summed E-state index contributed by atoms with van der Waals surface area (Å²) in [6.07, 6.45) is 7.99. The highest BCUT2D eigenvalue weighted by Crippen LogP contribution is 2.77. The summed E-state index contributed by atoms with van der Waals surface area (Å²) >= 11 is 0. The Bertz CT molecular complexity index is 891. The highest BCUT2D eigenvalue weighted by molar-refractivity contribution is 5.89. The molecule has 5 rings (SSSR count). The van der Waals surface area contributed by atoms with Gasteiger partial charge in [0, 0.05) is 11.8 Å². The van der Waals surface area contributed by atoms with Crippen LogP contribution in [0, 0.1) is 50.7 Å². The van der Waals surface area contributed by atoms with Crippen LogP contribution in [0.1, 0.15) is 106 Å². The van der Waals surface area contributed by atoms with Crippen LogP contribution in [0.4, 0.5) is 0 Å². The topological polar surface area (TPSA) is 57.5 Å². The summed E-state index contributed by atoms with van der Waals surface area (Å²) in [7, 11) is 0. The van der Waals surface area contributed by atoms with Gasteiger partial charge in [-0.05, 0) is 105 Å². The SMILES string of the molecule is C=C(C)[C@@H]1CC[C@]2(C)CC[C@]3(C)[C@H](CC[C@@]4(O)[C@@]3(C)C(=O)C[C@H]3C(C)(C)[C@H](O)CC[C@@]34C)[C@@H]12. The smallest absolute Gasteiger partial charge is 0.142 e. The molecule has 0 aromatic heterocycles. The molecular weight excluding hydrogens is 408 g/mol. The average molecular weight is 457 g/mol. The Morgan fingerprint density at radius 1 is 0.909 bits per heavy atom. The molecule has 0 bridgehead atoms. The van der Waals surface area contributed by atoms with E-state index in [1.807, 2.05) is 0 Å². The highest BCUT2D eigenvalue weighted by atomic mass is 16.3. The standard InChI is InChI=1S/C30H48O3/c1-18(2)19-9-12-26(5)15-16-27(6)20(24(19)26)10-14-30(33)28(7)13-11-22(31)25(3,4)21(28)17-23(32)29(27,30)8/h19-22,24,31,33H,1,9-17H2,2-8H3/t19-,20+,21-,22+,24+,26+,27+,28-,29-,30-/m0/s1.